The summed E-state index contributed by atoms with van der Waals surface area (Å²) in [5, 5.41) is 19.6. The highest BCUT2D eigenvalue weighted by atomic mass is 32.2. The van der Waals surface area contributed by atoms with Crippen LogP contribution in [-0.4, -0.2) is 61.7 Å². The minimum absolute atomic E-state index is 0.0992. The van der Waals surface area contributed by atoms with Gasteiger partial charge in [-0.3, -0.25) is 14.6 Å². The van der Waals surface area contributed by atoms with Crippen LogP contribution in [0.3, 0.4) is 0 Å². The first-order valence-electron chi connectivity index (χ1n) is 10.1. The Labute approximate surface area is 179 Å². The predicted octanol–water partition coefficient (Wildman–Crippen LogP) is 2.94. The number of hydrogen-bond acceptors (Lipinski definition) is 6. The fourth-order valence-corrected chi connectivity index (χ4v) is 7.39. The number of likely N-dealkylation sites (tertiary alicyclic amines) is 1. The van der Waals surface area contributed by atoms with Crippen LogP contribution in [0.4, 0.5) is 0 Å². The summed E-state index contributed by atoms with van der Waals surface area (Å²) in [6, 6.07) is 10.8. The van der Waals surface area contributed by atoms with E-state index in [9.17, 15) is 19.8 Å². The molecule has 2 fully saturated rings. The van der Waals surface area contributed by atoms with E-state index >= 15 is 0 Å². The Morgan fingerprint density at radius 1 is 1.34 bits per heavy atom. The summed E-state index contributed by atoms with van der Waals surface area (Å²) >= 11 is 2.98. The average Bonchev–Trinajstić information content (AvgIpc) is 3.29. The van der Waals surface area contributed by atoms with Crippen LogP contribution in [0.15, 0.2) is 40.3 Å². The zero-order valence-electron chi connectivity index (χ0n) is 16.4. The van der Waals surface area contributed by atoms with Gasteiger partial charge in [0.1, 0.15) is 5.37 Å². The van der Waals surface area contributed by atoms with Gasteiger partial charge in [0.05, 0.1) is 16.3 Å². The zero-order valence-corrected chi connectivity index (χ0v) is 18.0. The molecular formula is C21H26N2O4S2. The van der Waals surface area contributed by atoms with Crippen molar-refractivity contribution < 1.29 is 19.8 Å². The van der Waals surface area contributed by atoms with Gasteiger partial charge in [-0.15, -0.1) is 11.8 Å². The second kappa shape index (κ2) is 8.71. The van der Waals surface area contributed by atoms with Crippen molar-refractivity contribution in [1.29, 1.82) is 0 Å². The molecule has 3 aliphatic rings. The van der Waals surface area contributed by atoms with Crippen LogP contribution in [0.25, 0.3) is 0 Å². The van der Waals surface area contributed by atoms with E-state index in [0.717, 1.165) is 31.7 Å². The third kappa shape index (κ3) is 3.95. The second-order valence-electron chi connectivity index (χ2n) is 7.72. The number of rotatable bonds is 8. The third-order valence-corrected chi connectivity index (χ3v) is 8.72. The number of carboxylic acids is 1. The van der Waals surface area contributed by atoms with Gasteiger partial charge in [0, 0.05) is 18.3 Å². The molecule has 0 spiro atoms. The van der Waals surface area contributed by atoms with E-state index in [-0.39, 0.29) is 17.0 Å². The summed E-state index contributed by atoms with van der Waals surface area (Å²) in [6.07, 6.45) is 2.02. The number of aliphatic carboxylic acids is 1. The maximum Gasteiger partial charge on any atom is 0.354 e. The van der Waals surface area contributed by atoms with E-state index in [1.54, 1.807) is 11.8 Å². The minimum atomic E-state index is -1.06. The molecule has 156 valence electrons. The van der Waals surface area contributed by atoms with Gasteiger partial charge in [-0.25, -0.2) is 4.79 Å². The van der Waals surface area contributed by atoms with Crippen molar-refractivity contribution >= 4 is 35.4 Å². The van der Waals surface area contributed by atoms with E-state index < -0.39 is 18.0 Å². The molecule has 0 aromatic heterocycles. The molecule has 4 rings (SSSR count). The monoisotopic (exact) mass is 434 g/mol. The smallest absolute Gasteiger partial charge is 0.354 e. The molecule has 0 saturated carbocycles. The van der Waals surface area contributed by atoms with Gasteiger partial charge >= 0.3 is 5.97 Å². The molecule has 8 heteroatoms. The van der Waals surface area contributed by atoms with Crippen molar-refractivity contribution in [3.05, 3.63) is 45.8 Å². The Morgan fingerprint density at radius 3 is 2.79 bits per heavy atom. The summed E-state index contributed by atoms with van der Waals surface area (Å²) in [6.45, 7) is 3.79. The van der Waals surface area contributed by atoms with Gasteiger partial charge < -0.3 is 10.2 Å². The minimum Gasteiger partial charge on any atom is -0.477 e. The Balaban J connectivity index is 1.42. The molecule has 0 aliphatic carbocycles. The Kier molecular flexibility index (Phi) is 6.24. The first-order chi connectivity index (χ1) is 14.0. The number of thioether (sulfide) groups is 2. The predicted molar refractivity (Wildman–Crippen MR) is 115 cm³/mol. The van der Waals surface area contributed by atoms with E-state index in [1.165, 1.54) is 22.2 Å². The molecule has 29 heavy (non-hydrogen) atoms. The number of carbonyl (C=O) groups excluding carboxylic acids is 1. The molecule has 2 N–H and O–H groups in total. The Bertz CT molecular complexity index is 816. The quantitative estimate of drug-likeness (QED) is 0.609. The fraction of sp³-hybridized carbons (Fsp3) is 0.524. The molecule has 1 amide bonds. The summed E-state index contributed by atoms with van der Waals surface area (Å²) in [5.74, 6) is -1.02. The molecular weight excluding hydrogens is 408 g/mol. The van der Waals surface area contributed by atoms with Crippen LogP contribution in [-0.2, 0) is 16.1 Å². The van der Waals surface area contributed by atoms with Gasteiger partial charge in [-0.2, -0.15) is 0 Å². The van der Waals surface area contributed by atoms with Crippen LogP contribution in [0.2, 0.25) is 0 Å². The third-order valence-electron chi connectivity index (χ3n) is 5.92. The maximum atomic E-state index is 12.5. The number of hydrogen-bond donors (Lipinski definition) is 2. The number of fused-ring (bicyclic) bond motifs is 1. The van der Waals surface area contributed by atoms with Crippen molar-refractivity contribution in [3.63, 3.8) is 0 Å². The largest absolute Gasteiger partial charge is 0.477 e. The van der Waals surface area contributed by atoms with E-state index in [0.29, 0.717) is 16.7 Å². The van der Waals surface area contributed by atoms with Crippen LogP contribution < -0.4 is 0 Å². The molecule has 0 radical (unpaired) electrons. The summed E-state index contributed by atoms with van der Waals surface area (Å²) < 4.78 is 0.702. The zero-order chi connectivity index (χ0) is 20.5. The SMILES string of the molecule is CC[C@H](O)[C@@H]1C(=O)N2C(C(=O)O)=C(SCC3CCCN3Cc3ccccc3)S[C@H]12. The van der Waals surface area contributed by atoms with Crippen LogP contribution in [0.1, 0.15) is 31.7 Å². The van der Waals surface area contributed by atoms with E-state index in [2.05, 4.69) is 29.2 Å². The van der Waals surface area contributed by atoms with E-state index in [1.807, 2.05) is 13.0 Å². The van der Waals surface area contributed by atoms with Gasteiger partial charge in [0.25, 0.3) is 0 Å². The lowest BCUT2D eigenvalue weighted by molar-refractivity contribution is -0.157. The lowest BCUT2D eigenvalue weighted by Gasteiger charge is -2.44. The topological polar surface area (TPSA) is 81.1 Å². The molecule has 3 aliphatic heterocycles. The van der Waals surface area contributed by atoms with Gasteiger partial charge in [0.15, 0.2) is 5.70 Å². The number of benzene rings is 1. The summed E-state index contributed by atoms with van der Waals surface area (Å²) in [7, 11) is 0. The van der Waals surface area contributed by atoms with Crippen molar-refractivity contribution in [3.8, 4) is 0 Å². The molecule has 6 nitrogen and oxygen atoms in total. The van der Waals surface area contributed by atoms with Crippen molar-refractivity contribution in [2.24, 2.45) is 5.92 Å². The van der Waals surface area contributed by atoms with Crippen LogP contribution >= 0.6 is 23.5 Å². The molecule has 2 saturated heterocycles. The van der Waals surface area contributed by atoms with Crippen molar-refractivity contribution in [1.82, 2.24) is 9.80 Å². The fourth-order valence-electron chi connectivity index (χ4n) is 4.30. The standard InChI is InChI=1S/C21H26N2O4S2/c1-2-15(24)16-18(25)23-17(20(26)27)21(29-19(16)23)28-12-14-9-6-10-22(14)11-13-7-4-3-5-8-13/h3-5,7-8,14-16,19,24H,2,6,9-12H2,1H3,(H,26,27)/t14?,15-,16+,19+/m0/s1. The second-order valence-corrected chi connectivity index (χ2v) is 10.1. The number of carboxylic acid groups (broad SMARTS) is 1. The lowest BCUT2D eigenvalue weighted by atomic mass is 9.90. The van der Waals surface area contributed by atoms with Gasteiger partial charge in [-0.1, -0.05) is 49.0 Å². The lowest BCUT2D eigenvalue weighted by Crippen LogP contribution is -2.61. The highest BCUT2D eigenvalue weighted by Crippen LogP contribution is 2.54. The number of aliphatic hydroxyl groups excluding tert-OH is 1. The number of aliphatic hydroxyl groups is 1. The molecule has 4 atom stereocenters. The number of β-lactam (4-membered cyclic amide) rings is 1. The van der Waals surface area contributed by atoms with Crippen molar-refractivity contribution in [2.45, 2.75) is 50.3 Å². The normalized spacial score (nSPS) is 27.9. The van der Waals surface area contributed by atoms with Crippen molar-refractivity contribution in [2.75, 3.05) is 12.3 Å². The first-order valence-corrected chi connectivity index (χ1v) is 11.9. The first kappa shape index (κ1) is 20.8. The molecule has 0 bridgehead atoms. The van der Waals surface area contributed by atoms with Crippen LogP contribution in [0.5, 0.6) is 0 Å². The average molecular weight is 435 g/mol. The number of carbonyl (C=O) groups is 2. The molecule has 3 heterocycles. The van der Waals surface area contributed by atoms with Gasteiger partial charge in [-0.05, 0) is 31.4 Å². The molecule has 1 aromatic carbocycles. The number of amides is 1. The Morgan fingerprint density at radius 2 is 2.10 bits per heavy atom. The number of nitrogens with zero attached hydrogens (tertiary/aromatic N) is 2. The summed E-state index contributed by atoms with van der Waals surface area (Å²) in [4.78, 5) is 28.1. The molecule has 1 aromatic rings. The summed E-state index contributed by atoms with van der Waals surface area (Å²) in [5.41, 5.74) is 1.39. The van der Waals surface area contributed by atoms with Crippen LogP contribution in [0, 0.1) is 5.92 Å². The maximum absolute atomic E-state index is 12.5. The van der Waals surface area contributed by atoms with Gasteiger partial charge in [0.2, 0.25) is 5.91 Å². The Hall–Kier alpha value is -1.48. The highest BCUT2D eigenvalue weighted by Gasteiger charge is 2.58. The molecule has 1 unspecified atom stereocenters. The highest BCUT2D eigenvalue weighted by molar-refractivity contribution is 8.22. The van der Waals surface area contributed by atoms with E-state index in [4.69, 9.17) is 0 Å².